The molecule has 1 amide bonds. The Morgan fingerprint density at radius 1 is 1.11 bits per heavy atom. The molecule has 2 unspecified atom stereocenters. The van der Waals surface area contributed by atoms with E-state index >= 15 is 0 Å². The first-order valence-electron chi connectivity index (χ1n) is 11.6. The van der Waals surface area contributed by atoms with Gasteiger partial charge in [-0.25, -0.2) is 8.78 Å². The van der Waals surface area contributed by atoms with Crippen LogP contribution in [0.25, 0.3) is 11.3 Å². The molecule has 7 nitrogen and oxygen atoms in total. The van der Waals surface area contributed by atoms with Crippen molar-refractivity contribution in [1.82, 2.24) is 26.0 Å². The molecule has 2 atom stereocenters. The number of carbonyl (C=O) groups excluding carboxylic acids is 1. The number of amides is 1. The summed E-state index contributed by atoms with van der Waals surface area (Å²) in [6.45, 7) is 8.48. The predicted molar refractivity (Wildman–Crippen MR) is 130 cm³/mol. The van der Waals surface area contributed by atoms with Crippen LogP contribution in [-0.2, 0) is 24.2 Å². The third-order valence-corrected chi connectivity index (χ3v) is 5.50. The SMILES string of the molecule is CC(=O)NC(Cc1cc(F)cc(F)c1)C(O)CNCc1cc(CC(C)(C)C)ccc1-c1cn[nH]n1. The zero-order valence-corrected chi connectivity index (χ0v) is 20.5. The molecule has 0 spiro atoms. The van der Waals surface area contributed by atoms with Crippen LogP contribution in [0.4, 0.5) is 8.78 Å². The van der Waals surface area contributed by atoms with Crippen LogP contribution in [0.3, 0.4) is 0 Å². The highest BCUT2D eigenvalue weighted by Crippen LogP contribution is 2.26. The Morgan fingerprint density at radius 2 is 1.83 bits per heavy atom. The molecule has 0 aliphatic heterocycles. The summed E-state index contributed by atoms with van der Waals surface area (Å²) in [7, 11) is 0. The van der Waals surface area contributed by atoms with E-state index in [1.165, 1.54) is 24.6 Å². The Balaban J connectivity index is 1.72. The molecule has 0 saturated heterocycles. The zero-order chi connectivity index (χ0) is 25.6. The van der Waals surface area contributed by atoms with Crippen molar-refractivity contribution in [3.05, 3.63) is 70.9 Å². The molecular formula is C26H33F2N5O2. The molecule has 0 aliphatic carbocycles. The molecule has 0 radical (unpaired) electrons. The smallest absolute Gasteiger partial charge is 0.217 e. The van der Waals surface area contributed by atoms with Crippen LogP contribution in [0.5, 0.6) is 0 Å². The first-order chi connectivity index (χ1) is 16.5. The number of rotatable bonds is 10. The second-order valence-corrected chi connectivity index (χ2v) is 10.1. The van der Waals surface area contributed by atoms with E-state index in [2.05, 4.69) is 58.9 Å². The Morgan fingerprint density at radius 3 is 2.43 bits per heavy atom. The number of carbonyl (C=O) groups is 1. The number of hydrogen-bond acceptors (Lipinski definition) is 5. The predicted octanol–water partition coefficient (Wildman–Crippen LogP) is 3.54. The van der Waals surface area contributed by atoms with E-state index < -0.39 is 23.8 Å². The molecule has 0 aliphatic rings. The summed E-state index contributed by atoms with van der Waals surface area (Å²) in [5.41, 5.74) is 4.30. The van der Waals surface area contributed by atoms with E-state index in [4.69, 9.17) is 0 Å². The fourth-order valence-electron chi connectivity index (χ4n) is 4.12. The monoisotopic (exact) mass is 485 g/mol. The van der Waals surface area contributed by atoms with Gasteiger partial charge in [0.15, 0.2) is 0 Å². The molecule has 0 bridgehead atoms. The van der Waals surface area contributed by atoms with Crippen LogP contribution in [0.15, 0.2) is 42.6 Å². The second-order valence-electron chi connectivity index (χ2n) is 10.1. The van der Waals surface area contributed by atoms with E-state index in [9.17, 15) is 18.7 Å². The van der Waals surface area contributed by atoms with Crippen LogP contribution in [0.2, 0.25) is 0 Å². The number of nitrogens with one attached hydrogen (secondary N) is 3. The third kappa shape index (κ3) is 8.22. The normalized spacial score (nSPS) is 13.5. The van der Waals surface area contributed by atoms with Crippen molar-refractivity contribution >= 4 is 5.91 Å². The minimum Gasteiger partial charge on any atom is -0.390 e. The lowest BCUT2D eigenvalue weighted by Crippen LogP contribution is -2.48. The lowest BCUT2D eigenvalue weighted by molar-refractivity contribution is -0.120. The number of benzene rings is 2. The van der Waals surface area contributed by atoms with Crippen LogP contribution >= 0.6 is 0 Å². The standard InChI is InChI=1S/C26H33F2N5O2/c1-16(34)31-23(10-18-8-20(27)11-21(28)9-18)25(35)15-29-13-19-7-17(12-26(2,3)4)5-6-22(19)24-14-30-33-32-24/h5-9,11,14,23,25,29,35H,10,12-13,15H2,1-4H3,(H,31,34)(H,30,32,33). The van der Waals surface area contributed by atoms with E-state index in [0.717, 1.165) is 23.6 Å². The van der Waals surface area contributed by atoms with Gasteiger partial charge in [0, 0.05) is 31.6 Å². The van der Waals surface area contributed by atoms with Crippen LogP contribution in [0.1, 0.15) is 44.4 Å². The van der Waals surface area contributed by atoms with Gasteiger partial charge in [-0.2, -0.15) is 15.4 Å². The summed E-state index contributed by atoms with van der Waals surface area (Å²) in [6.07, 6.45) is 1.65. The van der Waals surface area contributed by atoms with Crippen molar-refractivity contribution in [2.24, 2.45) is 5.41 Å². The first kappa shape index (κ1) is 26.4. The first-order valence-corrected chi connectivity index (χ1v) is 11.6. The molecule has 35 heavy (non-hydrogen) atoms. The number of hydrogen-bond donors (Lipinski definition) is 4. The Labute approximate surface area is 204 Å². The maximum atomic E-state index is 13.6. The summed E-state index contributed by atoms with van der Waals surface area (Å²) >= 11 is 0. The lowest BCUT2D eigenvalue weighted by atomic mass is 9.87. The number of H-pyrrole nitrogens is 1. The molecule has 3 aromatic rings. The molecular weight excluding hydrogens is 452 g/mol. The number of aliphatic hydroxyl groups excluding tert-OH is 1. The number of aromatic nitrogens is 3. The maximum Gasteiger partial charge on any atom is 0.217 e. The van der Waals surface area contributed by atoms with Crippen LogP contribution in [0, 0.1) is 17.0 Å². The number of halogens is 2. The van der Waals surface area contributed by atoms with Gasteiger partial charge >= 0.3 is 0 Å². The van der Waals surface area contributed by atoms with Crippen molar-refractivity contribution < 1.29 is 18.7 Å². The minimum absolute atomic E-state index is 0.0857. The largest absolute Gasteiger partial charge is 0.390 e. The van der Waals surface area contributed by atoms with Crippen molar-refractivity contribution in [2.45, 2.75) is 59.2 Å². The molecule has 188 valence electrons. The van der Waals surface area contributed by atoms with Crippen molar-refractivity contribution in [1.29, 1.82) is 0 Å². The topological polar surface area (TPSA) is 103 Å². The molecule has 0 saturated carbocycles. The van der Waals surface area contributed by atoms with Gasteiger partial charge in [0.1, 0.15) is 17.3 Å². The quantitative estimate of drug-likeness (QED) is 0.352. The Hall–Kier alpha value is -3.17. The fourth-order valence-corrected chi connectivity index (χ4v) is 4.12. The van der Waals surface area contributed by atoms with Gasteiger partial charge < -0.3 is 15.7 Å². The number of aliphatic hydroxyl groups is 1. The fraction of sp³-hybridized carbons (Fsp3) is 0.423. The van der Waals surface area contributed by atoms with Crippen molar-refractivity contribution in [3.8, 4) is 11.3 Å². The van der Waals surface area contributed by atoms with Gasteiger partial charge in [0.05, 0.1) is 18.3 Å². The van der Waals surface area contributed by atoms with Gasteiger partial charge in [0.25, 0.3) is 0 Å². The van der Waals surface area contributed by atoms with Crippen LogP contribution < -0.4 is 10.6 Å². The maximum absolute atomic E-state index is 13.6. The molecule has 1 aromatic heterocycles. The van der Waals surface area contributed by atoms with Gasteiger partial charge in [-0.05, 0) is 47.1 Å². The highest BCUT2D eigenvalue weighted by molar-refractivity contribution is 5.73. The molecule has 0 fully saturated rings. The van der Waals surface area contributed by atoms with E-state index in [1.807, 2.05) is 6.07 Å². The molecule has 3 rings (SSSR count). The molecule has 9 heteroatoms. The van der Waals surface area contributed by atoms with E-state index in [-0.39, 0.29) is 24.3 Å². The van der Waals surface area contributed by atoms with Crippen LogP contribution in [-0.4, -0.2) is 45.1 Å². The van der Waals surface area contributed by atoms with Crippen molar-refractivity contribution in [2.75, 3.05) is 6.54 Å². The summed E-state index contributed by atoms with van der Waals surface area (Å²) in [6, 6.07) is 8.68. The van der Waals surface area contributed by atoms with E-state index in [1.54, 1.807) is 6.20 Å². The third-order valence-electron chi connectivity index (χ3n) is 5.50. The summed E-state index contributed by atoms with van der Waals surface area (Å²) in [4.78, 5) is 11.7. The Kier molecular flexibility index (Phi) is 8.69. The summed E-state index contributed by atoms with van der Waals surface area (Å²) in [5, 5.41) is 27.5. The Bertz CT molecular complexity index is 1110. The van der Waals surface area contributed by atoms with Crippen molar-refractivity contribution in [3.63, 3.8) is 0 Å². The second kappa shape index (κ2) is 11.5. The lowest BCUT2D eigenvalue weighted by Gasteiger charge is -2.25. The molecule has 4 N–H and O–H groups in total. The van der Waals surface area contributed by atoms with E-state index in [0.29, 0.717) is 17.8 Å². The summed E-state index contributed by atoms with van der Waals surface area (Å²) in [5.74, 6) is -1.75. The highest BCUT2D eigenvalue weighted by atomic mass is 19.1. The average Bonchev–Trinajstić information content (AvgIpc) is 3.26. The van der Waals surface area contributed by atoms with Gasteiger partial charge in [-0.1, -0.05) is 39.0 Å². The van der Waals surface area contributed by atoms with Gasteiger partial charge in [-0.3, -0.25) is 4.79 Å². The minimum atomic E-state index is -0.988. The molecule has 1 heterocycles. The highest BCUT2D eigenvalue weighted by Gasteiger charge is 2.22. The zero-order valence-electron chi connectivity index (χ0n) is 20.5. The number of nitrogens with zero attached hydrogens (tertiary/aromatic N) is 2. The number of aromatic amines is 1. The van der Waals surface area contributed by atoms with Gasteiger partial charge in [-0.15, -0.1) is 0 Å². The molecule has 2 aromatic carbocycles. The average molecular weight is 486 g/mol. The summed E-state index contributed by atoms with van der Waals surface area (Å²) < 4.78 is 27.2. The van der Waals surface area contributed by atoms with Gasteiger partial charge in [0.2, 0.25) is 5.91 Å².